The molecule has 1 amide bonds. The van der Waals surface area contributed by atoms with Gasteiger partial charge in [0.25, 0.3) is 0 Å². The zero-order valence-electron chi connectivity index (χ0n) is 13.7. The van der Waals surface area contributed by atoms with Crippen LogP contribution in [0.25, 0.3) is 0 Å². The van der Waals surface area contributed by atoms with E-state index < -0.39 is 0 Å². The van der Waals surface area contributed by atoms with E-state index in [0.29, 0.717) is 18.4 Å². The van der Waals surface area contributed by atoms with E-state index in [0.717, 1.165) is 57.4 Å². The Bertz CT molecular complexity index is 527. The molecule has 1 heterocycles. The van der Waals surface area contributed by atoms with Gasteiger partial charge in [-0.1, -0.05) is 0 Å². The number of hydrogen-bond acceptors (Lipinski definition) is 4. The first-order valence-electron chi connectivity index (χ1n) is 9.21. The van der Waals surface area contributed by atoms with Crippen molar-refractivity contribution in [3.63, 3.8) is 0 Å². The molecule has 1 saturated heterocycles. The van der Waals surface area contributed by atoms with E-state index in [4.69, 9.17) is 5.26 Å². The van der Waals surface area contributed by atoms with E-state index in [9.17, 15) is 9.90 Å². The van der Waals surface area contributed by atoms with Crippen molar-refractivity contribution in [3.8, 4) is 6.07 Å². The Hall–Kier alpha value is -1.12. The normalized spacial score (nSPS) is 45.0. The second kappa shape index (κ2) is 5.75. The average Bonchev–Trinajstić information content (AvgIpc) is 3.05. The summed E-state index contributed by atoms with van der Waals surface area (Å²) in [5, 5.41) is 22.9. The second-order valence-electron chi connectivity index (χ2n) is 8.37. The predicted octanol–water partition coefficient (Wildman–Crippen LogP) is 1.42. The van der Waals surface area contributed by atoms with Crippen molar-refractivity contribution in [2.45, 2.75) is 69.1 Å². The van der Waals surface area contributed by atoms with Crippen LogP contribution < -0.4 is 5.32 Å². The van der Waals surface area contributed by atoms with Crippen LogP contribution in [-0.2, 0) is 4.79 Å². The molecule has 3 bridgehead atoms. The van der Waals surface area contributed by atoms with Crippen LogP contribution in [0.5, 0.6) is 0 Å². The van der Waals surface area contributed by atoms with Gasteiger partial charge in [-0.25, -0.2) is 0 Å². The molecule has 5 nitrogen and oxygen atoms in total. The highest BCUT2D eigenvalue weighted by atomic mass is 16.3. The average molecular weight is 317 g/mol. The first-order chi connectivity index (χ1) is 11.1. The topological polar surface area (TPSA) is 76.4 Å². The van der Waals surface area contributed by atoms with Gasteiger partial charge in [-0.05, 0) is 69.1 Å². The van der Waals surface area contributed by atoms with Crippen molar-refractivity contribution in [2.75, 3.05) is 13.1 Å². The molecule has 0 aromatic carbocycles. The smallest absolute Gasteiger partial charge is 0.237 e. The summed E-state index contributed by atoms with van der Waals surface area (Å²) in [4.78, 5) is 14.3. The number of amides is 1. The lowest BCUT2D eigenvalue weighted by Gasteiger charge is -2.39. The van der Waals surface area contributed by atoms with Crippen LogP contribution in [0.2, 0.25) is 0 Å². The molecule has 23 heavy (non-hydrogen) atoms. The molecule has 126 valence electrons. The van der Waals surface area contributed by atoms with Crippen LogP contribution in [0.15, 0.2) is 0 Å². The van der Waals surface area contributed by atoms with Gasteiger partial charge in [0.1, 0.15) is 6.04 Å². The SMILES string of the molecule is N#C[C@@H]1CCCN1C(=O)CNC12CC3CC(O)CC(C1)C(C3)C2. The van der Waals surface area contributed by atoms with Crippen molar-refractivity contribution in [1.82, 2.24) is 10.2 Å². The van der Waals surface area contributed by atoms with Crippen LogP contribution in [0.4, 0.5) is 0 Å². The number of likely N-dealkylation sites (tertiary alicyclic amines) is 1. The molecule has 5 heteroatoms. The third-order valence-electron chi connectivity index (χ3n) is 6.81. The number of aliphatic hydroxyl groups is 1. The number of nitrogens with one attached hydrogen (secondary N) is 1. The van der Waals surface area contributed by atoms with Gasteiger partial charge in [0.15, 0.2) is 0 Å². The molecule has 0 aromatic rings. The summed E-state index contributed by atoms with van der Waals surface area (Å²) >= 11 is 0. The maximum Gasteiger partial charge on any atom is 0.237 e. The third-order valence-corrected chi connectivity index (χ3v) is 6.81. The van der Waals surface area contributed by atoms with E-state index in [1.54, 1.807) is 4.90 Å². The first kappa shape index (κ1) is 15.4. The molecule has 4 rings (SSSR count). The van der Waals surface area contributed by atoms with Crippen LogP contribution in [-0.4, -0.2) is 46.7 Å². The molecular formula is C18H27N3O2. The summed E-state index contributed by atoms with van der Waals surface area (Å²) in [6.45, 7) is 1.10. The van der Waals surface area contributed by atoms with E-state index in [1.165, 1.54) is 6.42 Å². The number of nitriles is 1. The number of nitrogens with zero attached hydrogens (tertiary/aromatic N) is 2. The zero-order chi connectivity index (χ0) is 16.0. The van der Waals surface area contributed by atoms with E-state index in [-0.39, 0.29) is 23.6 Å². The number of hydrogen-bond donors (Lipinski definition) is 2. The molecule has 3 aliphatic carbocycles. The highest BCUT2D eigenvalue weighted by Crippen LogP contribution is 2.55. The molecule has 0 spiro atoms. The summed E-state index contributed by atoms with van der Waals surface area (Å²) in [7, 11) is 0. The Labute approximate surface area is 138 Å². The van der Waals surface area contributed by atoms with Crippen molar-refractivity contribution in [1.29, 1.82) is 5.26 Å². The van der Waals surface area contributed by atoms with Gasteiger partial charge in [0.05, 0.1) is 18.7 Å². The summed E-state index contributed by atoms with van der Waals surface area (Å²) in [6, 6.07) is 2.03. The molecule has 4 aliphatic rings. The maximum absolute atomic E-state index is 12.5. The molecule has 0 aromatic heterocycles. The van der Waals surface area contributed by atoms with Crippen LogP contribution in [0.1, 0.15) is 51.4 Å². The highest BCUT2D eigenvalue weighted by molar-refractivity contribution is 5.79. The van der Waals surface area contributed by atoms with E-state index in [2.05, 4.69) is 11.4 Å². The minimum absolute atomic E-state index is 0.0858. The zero-order valence-corrected chi connectivity index (χ0v) is 13.7. The fourth-order valence-corrected chi connectivity index (χ4v) is 5.99. The molecule has 6 atom stereocenters. The Morgan fingerprint density at radius 2 is 2.04 bits per heavy atom. The lowest BCUT2D eigenvalue weighted by atomic mass is 9.75. The summed E-state index contributed by atoms with van der Waals surface area (Å²) in [6.07, 6.45) is 8.17. The van der Waals surface area contributed by atoms with Crippen LogP contribution in [0, 0.1) is 29.1 Å². The number of rotatable bonds is 3. The molecule has 4 fully saturated rings. The van der Waals surface area contributed by atoms with Gasteiger partial charge in [0.2, 0.25) is 5.91 Å². The second-order valence-corrected chi connectivity index (χ2v) is 8.37. The first-order valence-corrected chi connectivity index (χ1v) is 9.21. The summed E-state index contributed by atoms with van der Waals surface area (Å²) in [5.74, 6) is 2.05. The van der Waals surface area contributed by atoms with Crippen molar-refractivity contribution in [2.24, 2.45) is 17.8 Å². The number of fused-ring (bicyclic) bond motifs is 2. The Morgan fingerprint density at radius 3 is 2.83 bits per heavy atom. The maximum atomic E-state index is 12.5. The van der Waals surface area contributed by atoms with Crippen molar-refractivity contribution >= 4 is 5.91 Å². The van der Waals surface area contributed by atoms with Crippen LogP contribution >= 0.6 is 0 Å². The number of carbonyl (C=O) groups excluding carboxylic acids is 1. The minimum Gasteiger partial charge on any atom is -0.393 e. The van der Waals surface area contributed by atoms with Crippen LogP contribution in [0.3, 0.4) is 0 Å². The van der Waals surface area contributed by atoms with Gasteiger partial charge < -0.3 is 15.3 Å². The number of aliphatic hydroxyl groups excluding tert-OH is 1. The standard InChI is InChI=1S/C18H27N3O2/c19-10-15-2-1-3-21(15)17(23)11-20-18-7-12-4-13(8-18)14(9-18)6-16(22)5-12/h12-16,20,22H,1-9,11H2/t12?,13?,14?,15-,16?,18?/m0/s1. The highest BCUT2D eigenvalue weighted by Gasteiger charge is 2.52. The summed E-state index contributed by atoms with van der Waals surface area (Å²) < 4.78 is 0. The quantitative estimate of drug-likeness (QED) is 0.825. The Morgan fingerprint density at radius 1 is 1.26 bits per heavy atom. The molecule has 3 saturated carbocycles. The fourth-order valence-electron chi connectivity index (χ4n) is 5.99. The van der Waals surface area contributed by atoms with Gasteiger partial charge in [-0.15, -0.1) is 0 Å². The Balaban J connectivity index is 1.40. The van der Waals surface area contributed by atoms with E-state index in [1.807, 2.05) is 0 Å². The molecule has 0 radical (unpaired) electrons. The monoisotopic (exact) mass is 317 g/mol. The van der Waals surface area contributed by atoms with Crippen molar-refractivity contribution in [3.05, 3.63) is 0 Å². The largest absolute Gasteiger partial charge is 0.393 e. The minimum atomic E-state index is -0.223. The number of carbonyl (C=O) groups is 1. The molecule has 2 N–H and O–H groups in total. The van der Waals surface area contributed by atoms with E-state index >= 15 is 0 Å². The molecule has 5 unspecified atom stereocenters. The third kappa shape index (κ3) is 2.77. The van der Waals surface area contributed by atoms with Gasteiger partial charge in [0, 0.05) is 12.1 Å². The molecule has 1 aliphatic heterocycles. The van der Waals surface area contributed by atoms with Crippen molar-refractivity contribution < 1.29 is 9.90 Å². The lowest BCUT2D eigenvalue weighted by Crippen LogP contribution is -2.51. The lowest BCUT2D eigenvalue weighted by molar-refractivity contribution is -0.130. The Kier molecular flexibility index (Phi) is 3.85. The molecular weight excluding hydrogens is 290 g/mol. The summed E-state index contributed by atoms with van der Waals surface area (Å²) in [5.41, 5.74) is 0.107. The van der Waals surface area contributed by atoms with Gasteiger partial charge in [-0.2, -0.15) is 5.26 Å². The predicted molar refractivity (Wildman–Crippen MR) is 85.3 cm³/mol. The van der Waals surface area contributed by atoms with Gasteiger partial charge >= 0.3 is 0 Å². The fraction of sp³-hybridized carbons (Fsp3) is 0.889. The van der Waals surface area contributed by atoms with Gasteiger partial charge in [-0.3, -0.25) is 4.79 Å².